The van der Waals surface area contributed by atoms with Crippen LogP contribution in [0, 0.1) is 17.9 Å². The third kappa shape index (κ3) is 4.14. The van der Waals surface area contributed by atoms with Crippen LogP contribution in [0.1, 0.15) is 5.56 Å². The molecule has 0 saturated heterocycles. The predicted molar refractivity (Wildman–Crippen MR) is 62.6 cm³/mol. The molecule has 0 bridgehead atoms. The number of amides is 2. The highest BCUT2D eigenvalue weighted by Crippen LogP contribution is 2.11. The van der Waals surface area contributed by atoms with Gasteiger partial charge >= 0.3 is 0 Å². The minimum atomic E-state index is -0.747. The number of primary amides is 1. The number of carbonyl (C=O) groups excluding carboxylic acids is 2. The van der Waals surface area contributed by atoms with Crippen molar-refractivity contribution in [2.24, 2.45) is 5.73 Å². The molecule has 0 aliphatic heterocycles. The van der Waals surface area contributed by atoms with E-state index in [-0.39, 0.29) is 5.75 Å². The molecular formula is C12H12N3O3. The van der Waals surface area contributed by atoms with E-state index in [2.05, 4.69) is 0 Å². The lowest BCUT2D eigenvalue weighted by Crippen LogP contribution is -2.35. The number of rotatable bonds is 5. The van der Waals surface area contributed by atoms with E-state index >= 15 is 0 Å². The van der Waals surface area contributed by atoms with E-state index in [1.54, 1.807) is 18.3 Å². The normalized spacial score (nSPS) is 9.50. The summed E-state index contributed by atoms with van der Waals surface area (Å²) < 4.78 is 0. The fraction of sp³-hybridized carbons (Fsp3) is 0.167. The second-order valence-corrected chi connectivity index (χ2v) is 3.57. The molecule has 0 heterocycles. The average Bonchev–Trinajstić information content (AvgIpc) is 2.34. The van der Waals surface area contributed by atoms with Crippen LogP contribution in [0.15, 0.2) is 24.3 Å². The SMILES string of the molecule is N#CN(CC(N)=O)C(=O)[CH]Cc1ccc(O)cc1. The van der Waals surface area contributed by atoms with Gasteiger partial charge in [-0.05, 0) is 24.1 Å². The standard InChI is InChI=1S/C12H12N3O3/c13-8-15(7-11(14)17)12(18)6-3-9-1-4-10(16)5-2-9/h1-2,4-6,16H,3,7H2,(H2,14,17). The van der Waals surface area contributed by atoms with Gasteiger partial charge in [0.15, 0.2) is 6.19 Å². The van der Waals surface area contributed by atoms with Gasteiger partial charge in [0.25, 0.3) is 0 Å². The Morgan fingerprint density at radius 1 is 1.39 bits per heavy atom. The van der Waals surface area contributed by atoms with Crippen LogP contribution in [0.3, 0.4) is 0 Å². The number of nitriles is 1. The van der Waals surface area contributed by atoms with Crippen molar-refractivity contribution in [1.29, 1.82) is 5.26 Å². The molecule has 1 radical (unpaired) electrons. The molecule has 1 aromatic rings. The van der Waals surface area contributed by atoms with Gasteiger partial charge in [-0.3, -0.25) is 9.59 Å². The maximum absolute atomic E-state index is 11.5. The van der Waals surface area contributed by atoms with Crippen molar-refractivity contribution in [2.45, 2.75) is 6.42 Å². The molecular weight excluding hydrogens is 234 g/mol. The quantitative estimate of drug-likeness (QED) is 0.560. The molecule has 6 heteroatoms. The Morgan fingerprint density at radius 2 is 2.00 bits per heavy atom. The van der Waals surface area contributed by atoms with Crippen molar-refractivity contribution in [1.82, 2.24) is 4.90 Å². The zero-order chi connectivity index (χ0) is 13.5. The van der Waals surface area contributed by atoms with Crippen LogP contribution in [0.4, 0.5) is 0 Å². The van der Waals surface area contributed by atoms with Crippen molar-refractivity contribution in [2.75, 3.05) is 6.54 Å². The maximum atomic E-state index is 11.5. The first kappa shape index (κ1) is 13.5. The molecule has 0 aromatic heterocycles. The summed E-state index contributed by atoms with van der Waals surface area (Å²) in [5, 5.41) is 17.8. The number of benzene rings is 1. The summed E-state index contributed by atoms with van der Waals surface area (Å²) >= 11 is 0. The number of nitrogens with two attached hydrogens (primary N) is 1. The van der Waals surface area contributed by atoms with Crippen molar-refractivity contribution in [3.8, 4) is 11.9 Å². The number of phenols is 1. The van der Waals surface area contributed by atoms with E-state index in [9.17, 15) is 9.59 Å². The number of hydrogen-bond acceptors (Lipinski definition) is 4. The lowest BCUT2D eigenvalue weighted by molar-refractivity contribution is -0.129. The summed E-state index contributed by atoms with van der Waals surface area (Å²) in [6, 6.07) is 6.31. The van der Waals surface area contributed by atoms with Gasteiger partial charge in [-0.25, -0.2) is 4.90 Å². The molecule has 0 aliphatic rings. The van der Waals surface area contributed by atoms with Gasteiger partial charge in [-0.15, -0.1) is 0 Å². The fourth-order valence-electron chi connectivity index (χ4n) is 1.27. The lowest BCUT2D eigenvalue weighted by Gasteiger charge is -2.10. The van der Waals surface area contributed by atoms with Gasteiger partial charge in [-0.1, -0.05) is 12.1 Å². The zero-order valence-electron chi connectivity index (χ0n) is 9.54. The fourth-order valence-corrected chi connectivity index (χ4v) is 1.27. The van der Waals surface area contributed by atoms with Crippen LogP contribution in [0.5, 0.6) is 5.75 Å². The molecule has 0 aliphatic carbocycles. The molecule has 0 atom stereocenters. The summed E-state index contributed by atoms with van der Waals surface area (Å²) in [5.74, 6) is -1.19. The Bertz CT molecular complexity index is 476. The lowest BCUT2D eigenvalue weighted by atomic mass is 10.1. The summed E-state index contributed by atoms with van der Waals surface area (Å²) in [6.07, 6.45) is 3.17. The summed E-state index contributed by atoms with van der Waals surface area (Å²) in [6.45, 7) is -0.429. The monoisotopic (exact) mass is 246 g/mol. The Morgan fingerprint density at radius 3 is 2.50 bits per heavy atom. The highest BCUT2D eigenvalue weighted by molar-refractivity contribution is 5.90. The van der Waals surface area contributed by atoms with Crippen molar-refractivity contribution >= 4 is 11.8 Å². The van der Waals surface area contributed by atoms with Gasteiger partial charge in [0, 0.05) is 0 Å². The summed E-state index contributed by atoms with van der Waals surface area (Å²) in [7, 11) is 0. The molecule has 0 saturated carbocycles. The molecule has 0 fully saturated rings. The molecule has 1 rings (SSSR count). The molecule has 2 amide bonds. The Hall–Kier alpha value is -2.55. The van der Waals surface area contributed by atoms with Crippen LogP contribution in [-0.2, 0) is 16.0 Å². The zero-order valence-corrected chi connectivity index (χ0v) is 9.54. The molecule has 1 aromatic carbocycles. The molecule has 0 unspecified atom stereocenters. The van der Waals surface area contributed by atoms with Gasteiger partial charge in [-0.2, -0.15) is 5.26 Å². The van der Waals surface area contributed by atoms with E-state index in [1.807, 2.05) is 0 Å². The van der Waals surface area contributed by atoms with Crippen LogP contribution >= 0.6 is 0 Å². The minimum Gasteiger partial charge on any atom is -0.508 e. The van der Waals surface area contributed by atoms with E-state index in [4.69, 9.17) is 16.1 Å². The van der Waals surface area contributed by atoms with Gasteiger partial charge < -0.3 is 10.8 Å². The molecule has 3 N–H and O–H groups in total. The first-order valence-electron chi connectivity index (χ1n) is 5.13. The second-order valence-electron chi connectivity index (χ2n) is 3.57. The van der Waals surface area contributed by atoms with Crippen LogP contribution in [0.25, 0.3) is 0 Å². The predicted octanol–water partition coefficient (Wildman–Crippen LogP) is -0.0660. The van der Waals surface area contributed by atoms with E-state index in [0.717, 1.165) is 5.56 Å². The Labute approximate surface area is 104 Å². The topological polar surface area (TPSA) is 107 Å². The molecule has 18 heavy (non-hydrogen) atoms. The number of hydrogen-bond donors (Lipinski definition) is 2. The number of aromatic hydroxyl groups is 1. The van der Waals surface area contributed by atoms with Crippen molar-refractivity contribution in [3.05, 3.63) is 36.2 Å². The minimum absolute atomic E-state index is 0.137. The maximum Gasteiger partial charge on any atom is 0.240 e. The second kappa shape index (κ2) is 6.25. The first-order chi connectivity index (χ1) is 8.52. The largest absolute Gasteiger partial charge is 0.508 e. The number of carbonyl (C=O) groups is 2. The molecule has 93 valence electrons. The van der Waals surface area contributed by atoms with Crippen molar-refractivity contribution in [3.63, 3.8) is 0 Å². The van der Waals surface area contributed by atoms with Crippen LogP contribution in [-0.4, -0.2) is 28.4 Å². The average molecular weight is 246 g/mol. The number of phenolic OH excluding ortho intramolecular Hbond substituents is 1. The highest BCUT2D eigenvalue weighted by Gasteiger charge is 2.15. The highest BCUT2D eigenvalue weighted by atomic mass is 16.3. The molecule has 0 spiro atoms. The summed E-state index contributed by atoms with van der Waals surface area (Å²) in [4.78, 5) is 22.8. The first-order valence-corrected chi connectivity index (χ1v) is 5.13. The molecule has 6 nitrogen and oxygen atoms in total. The third-order valence-corrected chi connectivity index (χ3v) is 2.15. The van der Waals surface area contributed by atoms with Gasteiger partial charge in [0.05, 0.1) is 6.42 Å². The third-order valence-electron chi connectivity index (χ3n) is 2.15. The van der Waals surface area contributed by atoms with Crippen LogP contribution < -0.4 is 5.73 Å². The van der Waals surface area contributed by atoms with E-state index < -0.39 is 18.4 Å². The van der Waals surface area contributed by atoms with E-state index in [1.165, 1.54) is 18.6 Å². The smallest absolute Gasteiger partial charge is 0.240 e. The van der Waals surface area contributed by atoms with Gasteiger partial charge in [0.2, 0.25) is 11.8 Å². The Kier molecular flexibility index (Phi) is 4.69. The summed E-state index contributed by atoms with van der Waals surface area (Å²) in [5.41, 5.74) is 5.71. The Balaban J connectivity index is 2.52. The van der Waals surface area contributed by atoms with E-state index in [0.29, 0.717) is 11.3 Å². The van der Waals surface area contributed by atoms with Crippen molar-refractivity contribution < 1.29 is 14.7 Å². The van der Waals surface area contributed by atoms with Gasteiger partial charge in [0.1, 0.15) is 12.3 Å². The van der Waals surface area contributed by atoms with Crippen LogP contribution in [0.2, 0.25) is 0 Å². The number of nitrogens with zero attached hydrogens (tertiary/aromatic N) is 2.